The van der Waals surface area contributed by atoms with Crippen LogP contribution >= 0.6 is 11.3 Å². The summed E-state index contributed by atoms with van der Waals surface area (Å²) in [5, 5.41) is 4.62. The second-order valence-electron chi connectivity index (χ2n) is 6.53. The second-order valence-corrected chi connectivity index (χ2v) is 9.39. The molecular formula is C19H25N3O4S2. The number of benzene rings is 1. The van der Waals surface area contributed by atoms with Gasteiger partial charge in [0.1, 0.15) is 4.21 Å². The average molecular weight is 424 g/mol. The average Bonchev–Trinajstić information content (AvgIpc) is 3.25. The molecule has 28 heavy (non-hydrogen) atoms. The zero-order valence-corrected chi connectivity index (χ0v) is 17.2. The summed E-state index contributed by atoms with van der Waals surface area (Å²) in [4.78, 5) is 14.6. The van der Waals surface area contributed by atoms with Crippen molar-refractivity contribution >= 4 is 33.0 Å². The zero-order valence-electron chi connectivity index (χ0n) is 15.6. The fourth-order valence-corrected chi connectivity index (χ4v) is 4.95. The van der Waals surface area contributed by atoms with E-state index in [4.69, 9.17) is 4.74 Å². The Labute approximate surface area is 169 Å². The molecule has 1 aromatic heterocycles. The number of nitrogens with one attached hydrogen (secondary N) is 2. The van der Waals surface area contributed by atoms with Crippen LogP contribution in [0.5, 0.6) is 0 Å². The first kappa shape index (κ1) is 20.8. The molecule has 1 aliphatic rings. The number of unbranched alkanes of at least 4 members (excludes halogenated alkanes) is 1. The van der Waals surface area contributed by atoms with Crippen LogP contribution in [0.1, 0.15) is 23.2 Å². The van der Waals surface area contributed by atoms with Crippen LogP contribution in [-0.4, -0.2) is 58.6 Å². The molecule has 0 saturated carbocycles. The van der Waals surface area contributed by atoms with Crippen LogP contribution < -0.4 is 10.0 Å². The number of hydrogen-bond donors (Lipinski definition) is 2. The number of carbonyl (C=O) groups excluding carboxylic acids is 1. The number of carbonyl (C=O) groups is 1. The van der Waals surface area contributed by atoms with E-state index in [1.54, 1.807) is 41.8 Å². The number of hydrogen-bond acceptors (Lipinski definition) is 6. The number of amides is 1. The van der Waals surface area contributed by atoms with E-state index in [0.29, 0.717) is 17.8 Å². The van der Waals surface area contributed by atoms with Crippen LogP contribution in [0.4, 0.5) is 5.69 Å². The molecule has 0 aliphatic carbocycles. The van der Waals surface area contributed by atoms with Crippen molar-refractivity contribution < 1.29 is 17.9 Å². The Bertz CT molecular complexity index is 846. The molecule has 0 spiro atoms. The minimum atomic E-state index is -3.58. The van der Waals surface area contributed by atoms with Crippen LogP contribution in [-0.2, 0) is 14.8 Å². The van der Waals surface area contributed by atoms with Gasteiger partial charge in [-0.15, -0.1) is 11.3 Å². The molecule has 1 aromatic carbocycles. The molecule has 0 bridgehead atoms. The third kappa shape index (κ3) is 6.03. The fourth-order valence-electron chi connectivity index (χ4n) is 2.90. The highest BCUT2D eigenvalue weighted by atomic mass is 32.2. The number of nitrogens with zero attached hydrogens (tertiary/aromatic N) is 1. The molecule has 152 valence electrons. The molecule has 2 N–H and O–H groups in total. The molecule has 1 amide bonds. The summed E-state index contributed by atoms with van der Waals surface area (Å²) in [7, 11) is -3.58. The molecule has 0 radical (unpaired) electrons. The summed E-state index contributed by atoms with van der Waals surface area (Å²) in [5.74, 6) is -0.154. The van der Waals surface area contributed by atoms with Crippen molar-refractivity contribution in [2.75, 3.05) is 44.1 Å². The highest BCUT2D eigenvalue weighted by molar-refractivity contribution is 7.94. The van der Waals surface area contributed by atoms with Crippen molar-refractivity contribution in [1.29, 1.82) is 0 Å². The molecule has 1 fully saturated rings. The SMILES string of the molecule is O=C(NCCCCN1CCOCC1)c1ccc(NS(=O)(=O)c2cccs2)cc1. The lowest BCUT2D eigenvalue weighted by atomic mass is 10.2. The van der Waals surface area contributed by atoms with E-state index in [1.807, 2.05) is 0 Å². The maximum absolute atomic E-state index is 12.2. The van der Waals surface area contributed by atoms with Crippen molar-refractivity contribution in [3.8, 4) is 0 Å². The Hall–Kier alpha value is -1.94. The Balaban J connectivity index is 1.41. The zero-order chi connectivity index (χ0) is 19.8. The number of sulfonamides is 1. The van der Waals surface area contributed by atoms with Crippen molar-refractivity contribution in [2.24, 2.45) is 0 Å². The highest BCUT2D eigenvalue weighted by Gasteiger charge is 2.15. The topological polar surface area (TPSA) is 87.7 Å². The molecule has 2 aromatic rings. The predicted octanol–water partition coefficient (Wildman–Crippen LogP) is 2.39. The van der Waals surface area contributed by atoms with Crippen molar-refractivity contribution in [1.82, 2.24) is 10.2 Å². The van der Waals surface area contributed by atoms with Crippen molar-refractivity contribution in [2.45, 2.75) is 17.1 Å². The van der Waals surface area contributed by atoms with E-state index in [-0.39, 0.29) is 10.1 Å². The first-order valence-electron chi connectivity index (χ1n) is 9.29. The van der Waals surface area contributed by atoms with Crippen LogP contribution in [0.2, 0.25) is 0 Å². The molecule has 2 heterocycles. The predicted molar refractivity (Wildman–Crippen MR) is 110 cm³/mol. The number of thiophene rings is 1. The van der Waals surface area contributed by atoms with Gasteiger partial charge in [-0.2, -0.15) is 0 Å². The maximum Gasteiger partial charge on any atom is 0.271 e. The summed E-state index contributed by atoms with van der Waals surface area (Å²) in [6, 6.07) is 9.67. The molecule has 0 unspecified atom stereocenters. The number of morpholine rings is 1. The lowest BCUT2D eigenvalue weighted by Gasteiger charge is -2.26. The van der Waals surface area contributed by atoms with Gasteiger partial charge < -0.3 is 10.1 Å². The van der Waals surface area contributed by atoms with E-state index in [0.717, 1.165) is 57.0 Å². The van der Waals surface area contributed by atoms with Crippen LogP contribution in [0.15, 0.2) is 46.0 Å². The first-order chi connectivity index (χ1) is 13.5. The standard InChI is InChI=1S/C19H25N3O4S2/c23-19(20-9-1-2-10-22-11-13-26-14-12-22)16-5-7-17(8-6-16)21-28(24,25)18-4-3-15-27-18/h3-8,15,21H,1-2,9-14H2,(H,20,23). The Morgan fingerprint density at radius 1 is 1.11 bits per heavy atom. The largest absolute Gasteiger partial charge is 0.379 e. The van der Waals surface area contributed by atoms with Gasteiger partial charge in [0.05, 0.1) is 13.2 Å². The molecular weight excluding hydrogens is 398 g/mol. The minimum Gasteiger partial charge on any atom is -0.379 e. The van der Waals surface area contributed by atoms with E-state index >= 15 is 0 Å². The van der Waals surface area contributed by atoms with Gasteiger partial charge in [0.2, 0.25) is 0 Å². The second kappa shape index (κ2) is 10.0. The molecule has 1 saturated heterocycles. The van der Waals surface area contributed by atoms with Gasteiger partial charge in [-0.05, 0) is 55.1 Å². The Morgan fingerprint density at radius 2 is 1.86 bits per heavy atom. The third-order valence-corrected chi connectivity index (χ3v) is 7.23. The minimum absolute atomic E-state index is 0.154. The van der Waals surface area contributed by atoms with Gasteiger partial charge in [-0.3, -0.25) is 14.4 Å². The molecule has 0 atom stereocenters. The summed E-state index contributed by atoms with van der Waals surface area (Å²) in [5.41, 5.74) is 0.933. The summed E-state index contributed by atoms with van der Waals surface area (Å²) in [6.07, 6.45) is 1.95. The van der Waals surface area contributed by atoms with E-state index < -0.39 is 10.0 Å². The van der Waals surface area contributed by atoms with E-state index in [2.05, 4.69) is 14.9 Å². The Morgan fingerprint density at radius 3 is 2.54 bits per heavy atom. The maximum atomic E-state index is 12.2. The van der Waals surface area contributed by atoms with Gasteiger partial charge in [-0.1, -0.05) is 6.07 Å². The molecule has 3 rings (SSSR count). The summed E-state index contributed by atoms with van der Waals surface area (Å²) in [6.45, 7) is 5.21. The molecule has 1 aliphatic heterocycles. The lowest BCUT2D eigenvalue weighted by molar-refractivity contribution is 0.0372. The highest BCUT2D eigenvalue weighted by Crippen LogP contribution is 2.20. The van der Waals surface area contributed by atoms with Gasteiger partial charge in [0.15, 0.2) is 0 Å². The van der Waals surface area contributed by atoms with Crippen LogP contribution in [0, 0.1) is 0 Å². The molecule has 9 heteroatoms. The normalized spacial score (nSPS) is 15.3. The lowest BCUT2D eigenvalue weighted by Crippen LogP contribution is -2.37. The quantitative estimate of drug-likeness (QED) is 0.605. The van der Waals surface area contributed by atoms with E-state index in [1.165, 1.54) is 0 Å². The summed E-state index contributed by atoms with van der Waals surface area (Å²) < 4.78 is 32.5. The van der Waals surface area contributed by atoms with E-state index in [9.17, 15) is 13.2 Å². The van der Waals surface area contributed by atoms with Gasteiger partial charge in [-0.25, -0.2) is 8.42 Å². The van der Waals surface area contributed by atoms with Gasteiger partial charge in [0.25, 0.3) is 15.9 Å². The smallest absolute Gasteiger partial charge is 0.271 e. The van der Waals surface area contributed by atoms with Crippen molar-refractivity contribution in [3.05, 3.63) is 47.3 Å². The molecule has 7 nitrogen and oxygen atoms in total. The number of ether oxygens (including phenoxy) is 1. The van der Waals surface area contributed by atoms with Crippen LogP contribution in [0.3, 0.4) is 0 Å². The Kier molecular flexibility index (Phi) is 7.43. The number of rotatable bonds is 9. The monoisotopic (exact) mass is 423 g/mol. The first-order valence-corrected chi connectivity index (χ1v) is 11.7. The summed E-state index contributed by atoms with van der Waals surface area (Å²) >= 11 is 1.16. The van der Waals surface area contributed by atoms with Gasteiger partial charge in [0, 0.05) is 30.9 Å². The number of anilines is 1. The third-order valence-electron chi connectivity index (χ3n) is 4.45. The van der Waals surface area contributed by atoms with Crippen LogP contribution in [0.25, 0.3) is 0 Å². The van der Waals surface area contributed by atoms with Crippen molar-refractivity contribution in [3.63, 3.8) is 0 Å². The fraction of sp³-hybridized carbons (Fsp3) is 0.421. The van der Waals surface area contributed by atoms with Gasteiger partial charge >= 0.3 is 0 Å².